The van der Waals surface area contributed by atoms with E-state index < -0.39 is 0 Å². The molecule has 0 fully saturated rings. The van der Waals surface area contributed by atoms with Crippen LogP contribution in [-0.4, -0.2) is 0 Å². The molecule has 1 unspecified atom stereocenters. The quantitative estimate of drug-likeness (QED) is 0.797. The molecule has 0 aliphatic rings. The highest BCUT2D eigenvalue weighted by atomic mass is 35.5. The van der Waals surface area contributed by atoms with Crippen LogP contribution < -0.4 is 11.1 Å². The summed E-state index contributed by atoms with van der Waals surface area (Å²) < 4.78 is 0. The minimum atomic E-state index is 0.101. The minimum Gasteiger partial charge on any atom is -0.397 e. The summed E-state index contributed by atoms with van der Waals surface area (Å²) in [7, 11) is 0. The van der Waals surface area contributed by atoms with Crippen molar-refractivity contribution in [2.45, 2.75) is 13.0 Å². The highest BCUT2D eigenvalue weighted by Gasteiger charge is 2.09. The highest BCUT2D eigenvalue weighted by Crippen LogP contribution is 2.31. The van der Waals surface area contributed by atoms with E-state index in [4.69, 9.17) is 28.9 Å². The van der Waals surface area contributed by atoms with Gasteiger partial charge in [-0.05, 0) is 36.8 Å². The Morgan fingerprint density at radius 1 is 1.06 bits per heavy atom. The van der Waals surface area contributed by atoms with Gasteiger partial charge in [0.05, 0.1) is 16.4 Å². The molecule has 0 aliphatic heterocycles. The number of hydrogen-bond acceptors (Lipinski definition) is 2. The van der Waals surface area contributed by atoms with Gasteiger partial charge in [-0.2, -0.15) is 0 Å². The first-order valence-electron chi connectivity index (χ1n) is 5.64. The van der Waals surface area contributed by atoms with Crippen molar-refractivity contribution in [2.75, 3.05) is 11.1 Å². The molecule has 4 heteroatoms. The van der Waals surface area contributed by atoms with Crippen LogP contribution >= 0.6 is 23.2 Å². The first kappa shape index (κ1) is 13.1. The number of nitrogens with one attached hydrogen (secondary N) is 1. The van der Waals surface area contributed by atoms with Crippen molar-refractivity contribution in [1.29, 1.82) is 0 Å². The van der Waals surface area contributed by atoms with Crippen molar-refractivity contribution in [2.24, 2.45) is 0 Å². The molecule has 94 valence electrons. The fourth-order valence-electron chi connectivity index (χ4n) is 1.74. The molecule has 0 heterocycles. The van der Waals surface area contributed by atoms with Crippen molar-refractivity contribution >= 4 is 34.6 Å². The second-order valence-electron chi connectivity index (χ2n) is 4.12. The van der Waals surface area contributed by atoms with Gasteiger partial charge >= 0.3 is 0 Å². The van der Waals surface area contributed by atoms with Gasteiger partial charge < -0.3 is 11.1 Å². The second-order valence-corrected chi connectivity index (χ2v) is 4.97. The number of nitrogens with two attached hydrogens (primary N) is 1. The lowest BCUT2D eigenvalue weighted by Crippen LogP contribution is -2.08. The smallest absolute Gasteiger partial charge is 0.0767 e. The number of rotatable bonds is 3. The van der Waals surface area contributed by atoms with Crippen LogP contribution in [0, 0.1) is 0 Å². The average molecular weight is 281 g/mol. The fraction of sp³-hybridized carbons (Fsp3) is 0.143. The van der Waals surface area contributed by atoms with Crippen molar-refractivity contribution in [1.82, 2.24) is 0 Å². The van der Waals surface area contributed by atoms with E-state index in [1.165, 1.54) is 0 Å². The van der Waals surface area contributed by atoms with Crippen LogP contribution in [0.15, 0.2) is 42.5 Å². The summed E-state index contributed by atoms with van der Waals surface area (Å²) in [5.74, 6) is 0. The van der Waals surface area contributed by atoms with Crippen molar-refractivity contribution < 1.29 is 0 Å². The summed E-state index contributed by atoms with van der Waals surface area (Å²) in [6.45, 7) is 2.05. The monoisotopic (exact) mass is 280 g/mol. The molecule has 0 saturated carbocycles. The van der Waals surface area contributed by atoms with Gasteiger partial charge in [0.25, 0.3) is 0 Å². The van der Waals surface area contributed by atoms with E-state index in [1.807, 2.05) is 49.4 Å². The van der Waals surface area contributed by atoms with Crippen LogP contribution in [0.5, 0.6) is 0 Å². The summed E-state index contributed by atoms with van der Waals surface area (Å²) in [6, 6.07) is 13.3. The molecule has 0 spiro atoms. The Balaban J connectivity index is 2.21. The number of nitrogen functional groups attached to an aromatic ring is 1. The molecule has 0 bridgehead atoms. The molecule has 0 aliphatic carbocycles. The van der Waals surface area contributed by atoms with Crippen molar-refractivity contribution in [3.63, 3.8) is 0 Å². The zero-order chi connectivity index (χ0) is 13.1. The Kier molecular flexibility index (Phi) is 4.00. The lowest BCUT2D eigenvalue weighted by Gasteiger charge is -2.18. The predicted molar refractivity (Wildman–Crippen MR) is 79.4 cm³/mol. The van der Waals surface area contributed by atoms with E-state index in [0.717, 1.165) is 16.3 Å². The van der Waals surface area contributed by atoms with Gasteiger partial charge in [-0.1, -0.05) is 41.4 Å². The zero-order valence-corrected chi connectivity index (χ0v) is 11.5. The first-order valence-corrected chi connectivity index (χ1v) is 6.39. The lowest BCUT2D eigenvalue weighted by molar-refractivity contribution is 0.885. The molecule has 1 atom stereocenters. The molecule has 18 heavy (non-hydrogen) atoms. The molecule has 0 radical (unpaired) electrons. The molecule has 2 nitrogen and oxygen atoms in total. The summed E-state index contributed by atoms with van der Waals surface area (Å²) in [4.78, 5) is 0. The minimum absolute atomic E-state index is 0.101. The maximum Gasteiger partial charge on any atom is 0.0767 e. The van der Waals surface area contributed by atoms with Crippen LogP contribution in [-0.2, 0) is 0 Å². The van der Waals surface area contributed by atoms with Crippen LogP contribution in [0.1, 0.15) is 18.5 Å². The van der Waals surface area contributed by atoms with E-state index in [2.05, 4.69) is 5.32 Å². The van der Waals surface area contributed by atoms with E-state index in [0.29, 0.717) is 10.7 Å². The Bertz CT molecular complexity index is 518. The van der Waals surface area contributed by atoms with Gasteiger partial charge in [-0.25, -0.2) is 0 Å². The molecular weight excluding hydrogens is 267 g/mol. The van der Waals surface area contributed by atoms with E-state index in [-0.39, 0.29) is 6.04 Å². The van der Waals surface area contributed by atoms with E-state index in [9.17, 15) is 0 Å². The predicted octanol–water partition coefficient (Wildman–Crippen LogP) is 4.75. The zero-order valence-electron chi connectivity index (χ0n) is 9.95. The normalized spacial score (nSPS) is 12.2. The SMILES string of the molecule is CC(Nc1c(N)cccc1Cl)c1ccc(Cl)cc1. The Labute approximate surface area is 117 Å². The van der Waals surface area contributed by atoms with Crippen molar-refractivity contribution in [3.8, 4) is 0 Å². The van der Waals surface area contributed by atoms with Gasteiger partial charge in [0.15, 0.2) is 0 Å². The average Bonchev–Trinajstić information content (AvgIpc) is 2.34. The number of benzene rings is 2. The lowest BCUT2D eigenvalue weighted by atomic mass is 10.1. The van der Waals surface area contributed by atoms with Gasteiger partial charge in [0.2, 0.25) is 0 Å². The molecular formula is C14H14Cl2N2. The molecule has 0 aromatic heterocycles. The molecule has 2 rings (SSSR count). The maximum absolute atomic E-state index is 6.12. The second kappa shape index (κ2) is 5.51. The van der Waals surface area contributed by atoms with Gasteiger partial charge in [-0.3, -0.25) is 0 Å². The third-order valence-electron chi connectivity index (χ3n) is 2.78. The van der Waals surface area contributed by atoms with Crippen LogP contribution in [0.2, 0.25) is 10.0 Å². The number of para-hydroxylation sites is 1. The standard InChI is InChI=1S/C14H14Cl2N2/c1-9(10-5-7-11(15)8-6-10)18-14-12(16)3-2-4-13(14)17/h2-9,18H,17H2,1H3. The van der Waals surface area contributed by atoms with E-state index in [1.54, 1.807) is 0 Å². The maximum atomic E-state index is 6.12. The molecule has 0 amide bonds. The number of hydrogen-bond donors (Lipinski definition) is 2. The van der Waals surface area contributed by atoms with E-state index >= 15 is 0 Å². The topological polar surface area (TPSA) is 38.0 Å². The van der Waals surface area contributed by atoms with Gasteiger partial charge in [0, 0.05) is 11.1 Å². The van der Waals surface area contributed by atoms with Gasteiger partial charge in [-0.15, -0.1) is 0 Å². The number of halogens is 2. The first-order chi connectivity index (χ1) is 8.58. The summed E-state index contributed by atoms with van der Waals surface area (Å²) in [5.41, 5.74) is 8.43. The largest absolute Gasteiger partial charge is 0.397 e. The molecule has 2 aromatic rings. The summed E-state index contributed by atoms with van der Waals surface area (Å²) in [6.07, 6.45) is 0. The Morgan fingerprint density at radius 3 is 2.33 bits per heavy atom. The van der Waals surface area contributed by atoms with Crippen molar-refractivity contribution in [3.05, 3.63) is 58.1 Å². The third kappa shape index (κ3) is 2.89. The Hall–Kier alpha value is -1.38. The van der Waals surface area contributed by atoms with Gasteiger partial charge in [0.1, 0.15) is 0 Å². The summed E-state index contributed by atoms with van der Waals surface area (Å²) >= 11 is 12.0. The molecule has 2 aromatic carbocycles. The molecule has 3 N–H and O–H groups in total. The van der Waals surface area contributed by atoms with Crippen LogP contribution in [0.4, 0.5) is 11.4 Å². The van der Waals surface area contributed by atoms with Crippen LogP contribution in [0.3, 0.4) is 0 Å². The highest BCUT2D eigenvalue weighted by molar-refractivity contribution is 6.33. The Morgan fingerprint density at radius 2 is 1.72 bits per heavy atom. The molecule has 0 saturated heterocycles. The number of anilines is 2. The summed E-state index contributed by atoms with van der Waals surface area (Å²) in [5, 5.41) is 4.66. The van der Waals surface area contributed by atoms with Crippen LogP contribution in [0.25, 0.3) is 0 Å². The third-order valence-corrected chi connectivity index (χ3v) is 3.34. The fourth-order valence-corrected chi connectivity index (χ4v) is 2.11.